The molecule has 3 rings (SSSR count). The molecule has 0 amide bonds. The smallest absolute Gasteiger partial charge is 0.358 e. The second-order valence-electron chi connectivity index (χ2n) is 6.34. The Labute approximate surface area is 178 Å². The Bertz CT molecular complexity index is 1180. The highest BCUT2D eigenvalue weighted by Gasteiger charge is 2.17. The topological polar surface area (TPSA) is 126 Å². The lowest BCUT2D eigenvalue weighted by molar-refractivity contribution is 0.0443. The Kier molecular flexibility index (Phi) is 6.40. The van der Waals surface area contributed by atoms with Gasteiger partial charge in [-0.05, 0) is 56.3 Å². The zero-order valence-corrected chi connectivity index (χ0v) is 17.8. The van der Waals surface area contributed by atoms with Gasteiger partial charge in [-0.15, -0.1) is 0 Å². The van der Waals surface area contributed by atoms with E-state index in [2.05, 4.69) is 10.1 Å². The third-order valence-electron chi connectivity index (χ3n) is 3.99. The molecule has 158 valence electrons. The van der Waals surface area contributed by atoms with E-state index < -0.39 is 16.0 Å². The number of ether oxygens (including phenoxy) is 2. The van der Waals surface area contributed by atoms with Crippen LogP contribution in [-0.2, 0) is 14.8 Å². The van der Waals surface area contributed by atoms with Crippen LogP contribution in [0.3, 0.4) is 0 Å². The Hall–Kier alpha value is -2.95. The van der Waals surface area contributed by atoms with Crippen LogP contribution >= 0.6 is 11.6 Å². The highest BCUT2D eigenvalue weighted by molar-refractivity contribution is 7.89. The van der Waals surface area contributed by atoms with E-state index in [9.17, 15) is 13.2 Å². The number of halogens is 1. The van der Waals surface area contributed by atoms with Gasteiger partial charge in [0.05, 0.1) is 15.6 Å². The number of aromatic nitrogens is 3. The lowest BCUT2D eigenvalue weighted by Gasteiger charge is -2.10. The molecule has 0 bridgehead atoms. The van der Waals surface area contributed by atoms with Gasteiger partial charge in [-0.2, -0.15) is 5.10 Å². The van der Waals surface area contributed by atoms with Gasteiger partial charge in [0.1, 0.15) is 19.0 Å². The number of nitrogens with two attached hydrogens (primary N) is 1. The fraction of sp³-hybridized carbons (Fsp3) is 0.211. The molecule has 0 aliphatic carbocycles. The fourth-order valence-electron chi connectivity index (χ4n) is 2.64. The average molecular weight is 451 g/mol. The molecular weight excluding hydrogens is 432 g/mol. The molecule has 0 radical (unpaired) electrons. The molecule has 0 saturated carbocycles. The molecule has 0 fully saturated rings. The molecule has 2 heterocycles. The van der Waals surface area contributed by atoms with Gasteiger partial charge >= 0.3 is 5.97 Å². The molecule has 30 heavy (non-hydrogen) atoms. The van der Waals surface area contributed by atoms with Crippen LogP contribution in [0.5, 0.6) is 5.75 Å². The van der Waals surface area contributed by atoms with Crippen molar-refractivity contribution in [3.8, 4) is 11.6 Å². The second kappa shape index (κ2) is 8.82. The summed E-state index contributed by atoms with van der Waals surface area (Å²) in [6.07, 6.45) is 0. The van der Waals surface area contributed by atoms with Crippen LogP contribution in [0.4, 0.5) is 0 Å². The number of rotatable bonds is 7. The van der Waals surface area contributed by atoms with Gasteiger partial charge < -0.3 is 9.47 Å². The predicted molar refractivity (Wildman–Crippen MR) is 109 cm³/mol. The Balaban J connectivity index is 1.60. The largest absolute Gasteiger partial charge is 0.490 e. The van der Waals surface area contributed by atoms with Crippen LogP contribution in [0, 0.1) is 13.8 Å². The monoisotopic (exact) mass is 450 g/mol. The molecule has 0 unspecified atom stereocenters. The van der Waals surface area contributed by atoms with Crippen LogP contribution < -0.4 is 9.88 Å². The number of sulfonamides is 1. The first kappa shape index (κ1) is 21.8. The maximum atomic E-state index is 12.4. The molecule has 9 nitrogen and oxygen atoms in total. The van der Waals surface area contributed by atoms with Crippen molar-refractivity contribution in [1.82, 2.24) is 14.8 Å². The van der Waals surface area contributed by atoms with Crippen molar-refractivity contribution in [2.24, 2.45) is 5.14 Å². The van der Waals surface area contributed by atoms with Gasteiger partial charge in [0, 0.05) is 5.69 Å². The maximum absolute atomic E-state index is 12.4. The number of benzene rings is 1. The van der Waals surface area contributed by atoms with Crippen LogP contribution in [-0.4, -0.2) is 42.4 Å². The molecule has 1 aromatic carbocycles. The molecule has 0 atom stereocenters. The predicted octanol–water partition coefficient (Wildman–Crippen LogP) is 2.42. The number of carbonyl (C=O) groups is 1. The number of pyridine rings is 1. The van der Waals surface area contributed by atoms with Crippen molar-refractivity contribution < 1.29 is 22.7 Å². The molecule has 0 saturated heterocycles. The number of carbonyl (C=O) groups excluding carboxylic acids is 1. The number of hydrogen-bond donors (Lipinski definition) is 1. The van der Waals surface area contributed by atoms with Crippen molar-refractivity contribution in [2.45, 2.75) is 18.7 Å². The van der Waals surface area contributed by atoms with Gasteiger partial charge in [0.25, 0.3) is 0 Å². The molecule has 0 aliphatic rings. The van der Waals surface area contributed by atoms with E-state index in [1.54, 1.807) is 16.8 Å². The first-order chi connectivity index (χ1) is 14.1. The quantitative estimate of drug-likeness (QED) is 0.432. The van der Waals surface area contributed by atoms with Crippen molar-refractivity contribution in [2.75, 3.05) is 13.2 Å². The van der Waals surface area contributed by atoms with E-state index in [1.807, 2.05) is 19.9 Å². The van der Waals surface area contributed by atoms with E-state index in [1.165, 1.54) is 24.3 Å². The van der Waals surface area contributed by atoms with E-state index in [-0.39, 0.29) is 28.8 Å². The molecule has 0 spiro atoms. The summed E-state index contributed by atoms with van der Waals surface area (Å²) in [5, 5.41) is 9.53. The third-order valence-corrected chi connectivity index (χ3v) is 5.22. The standard InChI is InChI=1S/C19H19ClN4O5S/c1-12-11-13(2)24(23-12)17-8-7-16(20)18(22-17)19(25)29-10-9-28-14-3-5-15(6-4-14)30(21,26)27/h3-8,11H,9-10H2,1-2H3,(H2,21,26,27). The average Bonchev–Trinajstić information content (AvgIpc) is 3.03. The minimum Gasteiger partial charge on any atom is -0.490 e. The summed E-state index contributed by atoms with van der Waals surface area (Å²) in [5.41, 5.74) is 1.66. The zero-order valence-electron chi connectivity index (χ0n) is 16.2. The fourth-order valence-corrected chi connectivity index (χ4v) is 3.34. The van der Waals surface area contributed by atoms with E-state index >= 15 is 0 Å². The first-order valence-electron chi connectivity index (χ1n) is 8.78. The normalized spacial score (nSPS) is 11.3. The van der Waals surface area contributed by atoms with Gasteiger partial charge in [-0.1, -0.05) is 11.6 Å². The SMILES string of the molecule is Cc1cc(C)n(-c2ccc(Cl)c(C(=O)OCCOc3ccc(S(N)(=O)=O)cc3)n2)n1. The van der Waals surface area contributed by atoms with Crippen molar-refractivity contribution in [3.63, 3.8) is 0 Å². The van der Waals surface area contributed by atoms with Crippen LogP contribution in [0.1, 0.15) is 21.9 Å². The summed E-state index contributed by atoms with van der Waals surface area (Å²) in [5.74, 6) is 0.154. The van der Waals surface area contributed by atoms with Crippen molar-refractivity contribution in [3.05, 3.63) is 64.6 Å². The Morgan fingerprint density at radius 2 is 1.83 bits per heavy atom. The van der Waals surface area contributed by atoms with E-state index in [0.29, 0.717) is 11.6 Å². The summed E-state index contributed by atoms with van der Waals surface area (Å²) in [4.78, 5) is 16.6. The molecule has 2 N–H and O–H groups in total. The summed E-state index contributed by atoms with van der Waals surface area (Å²) in [7, 11) is -3.77. The summed E-state index contributed by atoms with van der Waals surface area (Å²) < 4.78 is 34.7. The van der Waals surface area contributed by atoms with Crippen molar-refractivity contribution >= 4 is 27.6 Å². The number of primary sulfonamides is 1. The van der Waals surface area contributed by atoms with Crippen molar-refractivity contribution in [1.29, 1.82) is 0 Å². The second-order valence-corrected chi connectivity index (χ2v) is 8.31. The lowest BCUT2D eigenvalue weighted by Crippen LogP contribution is -2.15. The van der Waals surface area contributed by atoms with Crippen LogP contribution in [0.25, 0.3) is 5.82 Å². The molecule has 11 heteroatoms. The highest BCUT2D eigenvalue weighted by Crippen LogP contribution is 2.19. The first-order valence-corrected chi connectivity index (χ1v) is 10.7. The van der Waals surface area contributed by atoms with Gasteiger partial charge in [-0.3, -0.25) is 0 Å². The molecule has 3 aromatic rings. The van der Waals surface area contributed by atoms with Crippen LogP contribution in [0.15, 0.2) is 47.4 Å². The third kappa shape index (κ3) is 5.15. The molecular formula is C19H19ClN4O5S. The minimum absolute atomic E-state index is 0.0236. The number of esters is 1. The number of aryl methyl sites for hydroxylation is 2. The van der Waals surface area contributed by atoms with E-state index in [4.69, 9.17) is 26.2 Å². The van der Waals surface area contributed by atoms with Gasteiger partial charge in [-0.25, -0.2) is 28.0 Å². The van der Waals surface area contributed by atoms with Crippen LogP contribution in [0.2, 0.25) is 5.02 Å². The lowest BCUT2D eigenvalue weighted by atomic mass is 10.3. The van der Waals surface area contributed by atoms with Gasteiger partial charge in [0.2, 0.25) is 10.0 Å². The summed E-state index contributed by atoms with van der Waals surface area (Å²) >= 11 is 6.10. The maximum Gasteiger partial charge on any atom is 0.358 e. The molecule has 2 aromatic heterocycles. The summed E-state index contributed by atoms with van der Waals surface area (Å²) in [6, 6.07) is 10.7. The Morgan fingerprint density at radius 1 is 1.13 bits per heavy atom. The summed E-state index contributed by atoms with van der Waals surface area (Å²) in [6.45, 7) is 3.73. The molecule has 0 aliphatic heterocycles. The van der Waals surface area contributed by atoms with Gasteiger partial charge in [0.15, 0.2) is 11.5 Å². The minimum atomic E-state index is -3.77. The Morgan fingerprint density at radius 3 is 2.43 bits per heavy atom. The zero-order chi connectivity index (χ0) is 21.9. The number of nitrogens with zero attached hydrogens (tertiary/aromatic N) is 3. The van der Waals surface area contributed by atoms with E-state index in [0.717, 1.165) is 11.4 Å². The number of hydrogen-bond acceptors (Lipinski definition) is 7. The highest BCUT2D eigenvalue weighted by atomic mass is 35.5.